The second kappa shape index (κ2) is 5.70. The third-order valence-corrected chi connectivity index (χ3v) is 3.59. The Morgan fingerprint density at radius 1 is 1.53 bits per heavy atom. The second-order valence-corrected chi connectivity index (χ2v) is 6.77. The summed E-state index contributed by atoms with van der Waals surface area (Å²) in [7, 11) is -3.25. The predicted octanol–water partition coefficient (Wildman–Crippen LogP) is 2.23. The van der Waals surface area contributed by atoms with Gasteiger partial charge in [0.2, 0.25) is 0 Å². The van der Waals surface area contributed by atoms with Gasteiger partial charge < -0.3 is 5.32 Å². The van der Waals surface area contributed by atoms with Gasteiger partial charge in [-0.2, -0.15) is 0 Å². The van der Waals surface area contributed by atoms with Crippen LogP contribution in [0.2, 0.25) is 5.02 Å². The topological polar surface area (TPSA) is 89.3 Å². The second-order valence-electron chi connectivity index (χ2n) is 4.18. The molecule has 1 rings (SSSR count). The first-order valence-corrected chi connectivity index (χ1v) is 7.61. The molecule has 0 aromatic heterocycles. The van der Waals surface area contributed by atoms with Crippen molar-refractivity contribution in [1.82, 2.24) is 0 Å². The summed E-state index contributed by atoms with van der Waals surface area (Å²) < 4.78 is 35.5. The predicted molar refractivity (Wildman–Crippen MR) is 70.9 cm³/mol. The maximum atomic E-state index is 13.3. The molecule has 0 aliphatic heterocycles. The fraction of sp³-hybridized carbons (Fsp3) is 0.400. The third kappa shape index (κ3) is 4.64. The van der Waals surface area contributed by atoms with E-state index >= 15 is 0 Å². The molecular formula is C10H12ClFN2O4S. The SMILES string of the molecule is CC(CS(C)(=O)=O)Nc1cc(F)c(Cl)cc1[N+](=O)[O-]. The molecule has 1 aromatic rings. The van der Waals surface area contributed by atoms with Crippen molar-refractivity contribution in [3.8, 4) is 0 Å². The van der Waals surface area contributed by atoms with Gasteiger partial charge in [0, 0.05) is 24.4 Å². The van der Waals surface area contributed by atoms with E-state index in [1.54, 1.807) is 0 Å². The van der Waals surface area contributed by atoms with Crippen LogP contribution in [-0.4, -0.2) is 31.4 Å². The Balaban J connectivity index is 3.06. The first-order chi connectivity index (χ1) is 8.60. The van der Waals surface area contributed by atoms with Crippen LogP contribution in [0.1, 0.15) is 6.92 Å². The van der Waals surface area contributed by atoms with E-state index in [4.69, 9.17) is 11.6 Å². The number of nitrogens with one attached hydrogen (secondary N) is 1. The summed E-state index contributed by atoms with van der Waals surface area (Å²) in [5, 5.41) is 13.0. The number of rotatable bonds is 5. The fourth-order valence-corrected chi connectivity index (χ4v) is 2.71. The van der Waals surface area contributed by atoms with Crippen molar-refractivity contribution in [2.24, 2.45) is 0 Å². The number of halogens is 2. The molecule has 1 N–H and O–H groups in total. The van der Waals surface area contributed by atoms with Gasteiger partial charge in [-0.3, -0.25) is 10.1 Å². The summed E-state index contributed by atoms with van der Waals surface area (Å²) in [6, 6.07) is 1.15. The van der Waals surface area contributed by atoms with Gasteiger partial charge in [0.25, 0.3) is 5.69 Å². The molecule has 0 bridgehead atoms. The van der Waals surface area contributed by atoms with E-state index in [2.05, 4.69) is 5.32 Å². The van der Waals surface area contributed by atoms with Crippen LogP contribution in [0, 0.1) is 15.9 Å². The highest BCUT2D eigenvalue weighted by Crippen LogP contribution is 2.30. The largest absolute Gasteiger partial charge is 0.376 e. The molecule has 0 radical (unpaired) electrons. The Hall–Kier alpha value is -1.41. The maximum Gasteiger partial charge on any atom is 0.294 e. The lowest BCUT2D eigenvalue weighted by atomic mass is 10.2. The summed E-state index contributed by atoms with van der Waals surface area (Å²) >= 11 is 5.47. The summed E-state index contributed by atoms with van der Waals surface area (Å²) in [6.07, 6.45) is 1.04. The van der Waals surface area contributed by atoms with Gasteiger partial charge in [-0.25, -0.2) is 12.8 Å². The molecule has 1 aromatic carbocycles. The average molecular weight is 311 g/mol. The quantitative estimate of drug-likeness (QED) is 0.665. The smallest absolute Gasteiger partial charge is 0.294 e. The zero-order valence-electron chi connectivity index (χ0n) is 10.2. The molecule has 0 spiro atoms. The van der Waals surface area contributed by atoms with E-state index < -0.39 is 32.3 Å². The molecule has 0 aliphatic rings. The van der Waals surface area contributed by atoms with Crippen LogP contribution in [-0.2, 0) is 9.84 Å². The Labute approximate surface area is 114 Å². The molecule has 9 heteroatoms. The van der Waals surface area contributed by atoms with Crippen LogP contribution >= 0.6 is 11.6 Å². The van der Waals surface area contributed by atoms with Crippen LogP contribution in [0.15, 0.2) is 12.1 Å². The van der Waals surface area contributed by atoms with E-state index in [1.165, 1.54) is 6.92 Å². The van der Waals surface area contributed by atoms with Crippen molar-refractivity contribution in [1.29, 1.82) is 0 Å². The normalized spacial score (nSPS) is 13.1. The standard InChI is InChI=1S/C10H12ClFN2O4S/c1-6(5-19(2,17)18)13-9-4-8(12)7(11)3-10(9)14(15)16/h3-4,6,13H,5H2,1-2H3. The minimum absolute atomic E-state index is 0.108. The molecular weight excluding hydrogens is 299 g/mol. The highest BCUT2D eigenvalue weighted by Gasteiger charge is 2.20. The molecule has 6 nitrogen and oxygen atoms in total. The Morgan fingerprint density at radius 3 is 2.58 bits per heavy atom. The van der Waals surface area contributed by atoms with E-state index in [0.29, 0.717) is 0 Å². The van der Waals surface area contributed by atoms with Crippen molar-refractivity contribution in [3.63, 3.8) is 0 Å². The molecule has 0 saturated heterocycles. The summed E-state index contributed by atoms with van der Waals surface area (Å²) in [5.41, 5.74) is -0.519. The van der Waals surface area contributed by atoms with E-state index in [0.717, 1.165) is 18.4 Å². The van der Waals surface area contributed by atoms with Crippen molar-refractivity contribution >= 4 is 32.8 Å². The van der Waals surface area contributed by atoms with Crippen LogP contribution in [0.25, 0.3) is 0 Å². The summed E-state index contributed by atoms with van der Waals surface area (Å²) in [6.45, 7) is 1.53. The lowest BCUT2D eigenvalue weighted by Gasteiger charge is -2.14. The molecule has 0 aliphatic carbocycles. The Kier molecular flexibility index (Phi) is 4.70. The molecule has 1 atom stereocenters. The lowest BCUT2D eigenvalue weighted by Crippen LogP contribution is -2.25. The number of nitrogens with zero attached hydrogens (tertiary/aromatic N) is 1. The number of nitro benzene ring substituents is 1. The number of hydrogen-bond donors (Lipinski definition) is 1. The van der Waals surface area contributed by atoms with Gasteiger partial charge in [0.15, 0.2) is 0 Å². The molecule has 0 amide bonds. The average Bonchev–Trinajstić information content (AvgIpc) is 2.19. The van der Waals surface area contributed by atoms with E-state index in [-0.39, 0.29) is 16.5 Å². The van der Waals surface area contributed by atoms with Crippen LogP contribution in [0.3, 0.4) is 0 Å². The number of anilines is 1. The minimum atomic E-state index is -3.25. The van der Waals surface area contributed by atoms with Crippen molar-refractivity contribution in [2.45, 2.75) is 13.0 Å². The molecule has 0 fully saturated rings. The Morgan fingerprint density at radius 2 is 2.11 bits per heavy atom. The number of nitro groups is 1. The maximum absolute atomic E-state index is 13.3. The van der Waals surface area contributed by atoms with Gasteiger partial charge in [0.05, 0.1) is 15.7 Å². The lowest BCUT2D eigenvalue weighted by molar-refractivity contribution is -0.384. The zero-order chi connectivity index (χ0) is 14.8. The van der Waals surface area contributed by atoms with E-state index in [1.807, 2.05) is 0 Å². The van der Waals surface area contributed by atoms with Gasteiger partial charge in [-0.15, -0.1) is 0 Å². The Bertz CT molecular complexity index is 606. The van der Waals surface area contributed by atoms with E-state index in [9.17, 15) is 22.9 Å². The first-order valence-electron chi connectivity index (χ1n) is 5.18. The van der Waals surface area contributed by atoms with Crippen molar-refractivity contribution in [2.75, 3.05) is 17.3 Å². The third-order valence-electron chi connectivity index (χ3n) is 2.19. The van der Waals surface area contributed by atoms with Gasteiger partial charge in [0.1, 0.15) is 21.3 Å². The molecule has 106 valence electrons. The monoisotopic (exact) mass is 310 g/mol. The summed E-state index contributed by atoms with van der Waals surface area (Å²) in [5.74, 6) is -1.05. The van der Waals surface area contributed by atoms with Gasteiger partial charge in [-0.05, 0) is 6.92 Å². The molecule has 0 heterocycles. The minimum Gasteiger partial charge on any atom is -0.376 e. The fourth-order valence-electron chi connectivity index (χ4n) is 1.56. The van der Waals surface area contributed by atoms with Crippen molar-refractivity contribution in [3.05, 3.63) is 33.1 Å². The number of benzene rings is 1. The van der Waals surface area contributed by atoms with Gasteiger partial charge >= 0.3 is 0 Å². The highest BCUT2D eigenvalue weighted by molar-refractivity contribution is 7.90. The first kappa shape index (κ1) is 15.6. The summed E-state index contributed by atoms with van der Waals surface area (Å²) in [4.78, 5) is 10.1. The number of hydrogen-bond acceptors (Lipinski definition) is 5. The highest BCUT2D eigenvalue weighted by atomic mass is 35.5. The van der Waals surface area contributed by atoms with Crippen LogP contribution < -0.4 is 5.32 Å². The van der Waals surface area contributed by atoms with Crippen LogP contribution in [0.4, 0.5) is 15.8 Å². The molecule has 0 saturated carbocycles. The molecule has 1 unspecified atom stereocenters. The van der Waals surface area contributed by atoms with Crippen LogP contribution in [0.5, 0.6) is 0 Å². The number of sulfone groups is 1. The zero-order valence-corrected chi connectivity index (χ0v) is 11.8. The van der Waals surface area contributed by atoms with Gasteiger partial charge in [-0.1, -0.05) is 11.6 Å². The van der Waals surface area contributed by atoms with Crippen molar-refractivity contribution < 1.29 is 17.7 Å². The molecule has 19 heavy (non-hydrogen) atoms.